The predicted molar refractivity (Wildman–Crippen MR) is 85.8 cm³/mol. The van der Waals surface area contributed by atoms with Crippen LogP contribution in [-0.4, -0.2) is 17.6 Å². The summed E-state index contributed by atoms with van der Waals surface area (Å²) >= 11 is 1.66. The number of thiazole rings is 1. The fraction of sp³-hybridized carbons (Fsp3) is 0.412. The summed E-state index contributed by atoms with van der Waals surface area (Å²) in [5, 5.41) is 3.14. The van der Waals surface area contributed by atoms with Gasteiger partial charge in [-0.1, -0.05) is 29.3 Å². The molecule has 0 atom stereocenters. The number of ether oxygens (including phenoxy) is 1. The number of hydrogen-bond acceptors (Lipinski definition) is 4. The third kappa shape index (κ3) is 4.97. The van der Waals surface area contributed by atoms with E-state index in [9.17, 15) is 4.79 Å². The van der Waals surface area contributed by atoms with Gasteiger partial charge in [-0.2, -0.15) is 0 Å². The molecule has 0 amide bonds. The molecule has 0 aliphatic carbocycles. The standard InChI is InChI=1S/C17H21NO2S/c1-4-20-17(19)6-5-15-11-21-16(18-15)10-14-8-12(2)7-13(3)9-14/h7-9,11H,4-6,10H2,1-3H3. The van der Waals surface area contributed by atoms with E-state index in [1.165, 1.54) is 16.7 Å². The van der Waals surface area contributed by atoms with Crippen molar-refractivity contribution >= 4 is 17.3 Å². The molecule has 112 valence electrons. The van der Waals surface area contributed by atoms with E-state index in [1.807, 2.05) is 12.3 Å². The van der Waals surface area contributed by atoms with Crippen LogP contribution >= 0.6 is 11.3 Å². The zero-order valence-electron chi connectivity index (χ0n) is 12.8. The number of carbonyl (C=O) groups excluding carboxylic acids is 1. The highest BCUT2D eigenvalue weighted by atomic mass is 32.1. The molecule has 0 spiro atoms. The summed E-state index contributed by atoms with van der Waals surface area (Å²) in [5.74, 6) is -0.152. The van der Waals surface area contributed by atoms with Crippen LogP contribution < -0.4 is 0 Å². The highest BCUT2D eigenvalue weighted by Crippen LogP contribution is 2.18. The van der Waals surface area contributed by atoms with Crippen molar-refractivity contribution in [2.45, 2.75) is 40.0 Å². The number of hydrogen-bond donors (Lipinski definition) is 0. The maximum Gasteiger partial charge on any atom is 0.306 e. The van der Waals surface area contributed by atoms with E-state index in [0.29, 0.717) is 19.4 Å². The minimum atomic E-state index is -0.152. The van der Waals surface area contributed by atoms with Crippen LogP contribution in [0.2, 0.25) is 0 Å². The molecule has 2 aromatic rings. The molecule has 0 unspecified atom stereocenters. The highest BCUT2D eigenvalue weighted by Gasteiger charge is 2.07. The van der Waals surface area contributed by atoms with Gasteiger partial charge >= 0.3 is 5.97 Å². The average molecular weight is 303 g/mol. The minimum Gasteiger partial charge on any atom is -0.466 e. The molecule has 0 fully saturated rings. The lowest BCUT2D eigenvalue weighted by Gasteiger charge is -2.03. The molecule has 0 saturated heterocycles. The topological polar surface area (TPSA) is 39.2 Å². The Kier molecular flexibility index (Phi) is 5.51. The van der Waals surface area contributed by atoms with Crippen LogP contribution in [0.15, 0.2) is 23.6 Å². The molecule has 0 bridgehead atoms. The van der Waals surface area contributed by atoms with Crippen molar-refractivity contribution in [3.05, 3.63) is 51.0 Å². The van der Waals surface area contributed by atoms with Crippen molar-refractivity contribution in [1.29, 1.82) is 0 Å². The molecule has 21 heavy (non-hydrogen) atoms. The first kappa shape index (κ1) is 15.7. The number of aryl methyl sites for hydroxylation is 3. The second kappa shape index (κ2) is 7.36. The summed E-state index contributed by atoms with van der Waals surface area (Å²) < 4.78 is 4.93. The molecular weight excluding hydrogens is 282 g/mol. The van der Waals surface area contributed by atoms with E-state index in [4.69, 9.17) is 4.74 Å². The van der Waals surface area contributed by atoms with Crippen LogP contribution in [0, 0.1) is 13.8 Å². The number of carbonyl (C=O) groups is 1. The van der Waals surface area contributed by atoms with Gasteiger partial charge < -0.3 is 4.74 Å². The van der Waals surface area contributed by atoms with E-state index >= 15 is 0 Å². The van der Waals surface area contributed by atoms with Gasteiger partial charge in [0, 0.05) is 18.2 Å². The third-order valence-corrected chi connectivity index (χ3v) is 4.02. The summed E-state index contributed by atoms with van der Waals surface area (Å²) in [6.45, 7) is 6.49. The average Bonchev–Trinajstić information content (AvgIpc) is 2.83. The first-order valence-corrected chi connectivity index (χ1v) is 8.11. The molecule has 4 heteroatoms. The third-order valence-electron chi connectivity index (χ3n) is 3.13. The van der Waals surface area contributed by atoms with E-state index in [1.54, 1.807) is 11.3 Å². The van der Waals surface area contributed by atoms with Gasteiger partial charge in [-0.05, 0) is 26.3 Å². The van der Waals surface area contributed by atoms with Crippen LogP contribution in [0.1, 0.15) is 40.7 Å². The number of benzene rings is 1. The lowest BCUT2D eigenvalue weighted by Crippen LogP contribution is -2.05. The van der Waals surface area contributed by atoms with Crippen LogP contribution in [0.3, 0.4) is 0 Å². The van der Waals surface area contributed by atoms with Crippen molar-refractivity contribution < 1.29 is 9.53 Å². The van der Waals surface area contributed by atoms with Gasteiger partial charge in [0.25, 0.3) is 0 Å². The Bertz CT molecular complexity index is 599. The maximum atomic E-state index is 11.3. The van der Waals surface area contributed by atoms with E-state index in [0.717, 1.165) is 17.1 Å². The molecule has 1 aromatic carbocycles. The lowest BCUT2D eigenvalue weighted by molar-refractivity contribution is -0.143. The fourth-order valence-electron chi connectivity index (χ4n) is 2.35. The quantitative estimate of drug-likeness (QED) is 0.761. The van der Waals surface area contributed by atoms with Gasteiger partial charge in [-0.3, -0.25) is 4.79 Å². The molecule has 2 rings (SSSR count). The smallest absolute Gasteiger partial charge is 0.306 e. The summed E-state index contributed by atoms with van der Waals surface area (Å²) in [4.78, 5) is 16.0. The highest BCUT2D eigenvalue weighted by molar-refractivity contribution is 7.09. The number of nitrogens with zero attached hydrogens (tertiary/aromatic N) is 1. The summed E-state index contributed by atoms with van der Waals surface area (Å²) in [6, 6.07) is 6.58. The van der Waals surface area contributed by atoms with Gasteiger partial charge in [-0.25, -0.2) is 4.98 Å². The Balaban J connectivity index is 1.95. The largest absolute Gasteiger partial charge is 0.466 e. The zero-order valence-corrected chi connectivity index (χ0v) is 13.6. The second-order valence-corrected chi connectivity index (χ2v) is 6.15. The van der Waals surface area contributed by atoms with Crippen LogP contribution in [-0.2, 0) is 22.4 Å². The van der Waals surface area contributed by atoms with Crippen LogP contribution in [0.5, 0.6) is 0 Å². The van der Waals surface area contributed by atoms with E-state index in [-0.39, 0.29) is 5.97 Å². The molecular formula is C17H21NO2S. The van der Waals surface area contributed by atoms with Crippen molar-refractivity contribution in [1.82, 2.24) is 4.98 Å². The Morgan fingerprint density at radius 3 is 2.62 bits per heavy atom. The number of esters is 1. The Labute approximate surface area is 130 Å². The second-order valence-electron chi connectivity index (χ2n) is 5.21. The summed E-state index contributed by atoms with van der Waals surface area (Å²) in [5.41, 5.74) is 4.83. The minimum absolute atomic E-state index is 0.152. The molecule has 1 aromatic heterocycles. The van der Waals surface area contributed by atoms with Crippen LogP contribution in [0.25, 0.3) is 0 Å². The Morgan fingerprint density at radius 1 is 1.24 bits per heavy atom. The Hall–Kier alpha value is -1.68. The fourth-order valence-corrected chi connectivity index (χ4v) is 3.22. The van der Waals surface area contributed by atoms with E-state index < -0.39 is 0 Å². The van der Waals surface area contributed by atoms with Gasteiger partial charge in [0.2, 0.25) is 0 Å². The molecule has 0 saturated carbocycles. The van der Waals surface area contributed by atoms with Gasteiger partial charge in [0.05, 0.1) is 23.7 Å². The van der Waals surface area contributed by atoms with E-state index in [2.05, 4.69) is 37.0 Å². The zero-order chi connectivity index (χ0) is 15.2. The van der Waals surface area contributed by atoms with Gasteiger partial charge in [0.1, 0.15) is 0 Å². The SMILES string of the molecule is CCOC(=O)CCc1csc(Cc2cc(C)cc(C)c2)n1. The normalized spacial score (nSPS) is 10.6. The maximum absolute atomic E-state index is 11.3. The Morgan fingerprint density at radius 2 is 1.95 bits per heavy atom. The van der Waals surface area contributed by atoms with Crippen molar-refractivity contribution in [2.24, 2.45) is 0 Å². The predicted octanol–water partition coefficient (Wildman–Crippen LogP) is 3.85. The van der Waals surface area contributed by atoms with Gasteiger partial charge in [-0.15, -0.1) is 11.3 Å². The summed E-state index contributed by atoms with van der Waals surface area (Å²) in [6.07, 6.45) is 1.91. The first-order valence-electron chi connectivity index (χ1n) is 7.23. The van der Waals surface area contributed by atoms with Crippen molar-refractivity contribution in [3.8, 4) is 0 Å². The lowest BCUT2D eigenvalue weighted by atomic mass is 10.1. The molecule has 0 radical (unpaired) electrons. The monoisotopic (exact) mass is 303 g/mol. The number of aromatic nitrogens is 1. The number of rotatable bonds is 6. The van der Waals surface area contributed by atoms with Crippen molar-refractivity contribution in [2.75, 3.05) is 6.61 Å². The molecule has 3 nitrogen and oxygen atoms in total. The molecule has 1 heterocycles. The molecule has 0 aliphatic heterocycles. The van der Waals surface area contributed by atoms with Crippen molar-refractivity contribution in [3.63, 3.8) is 0 Å². The molecule has 0 aliphatic rings. The molecule has 0 N–H and O–H groups in total. The first-order chi connectivity index (χ1) is 10.1. The summed E-state index contributed by atoms with van der Waals surface area (Å²) in [7, 11) is 0. The van der Waals surface area contributed by atoms with Gasteiger partial charge in [0.15, 0.2) is 0 Å². The van der Waals surface area contributed by atoms with Crippen LogP contribution in [0.4, 0.5) is 0 Å².